The number of hydrogen-bond donors (Lipinski definition) is 1. The average molecular weight is 393 g/mol. The van der Waals surface area contributed by atoms with Gasteiger partial charge in [-0.2, -0.15) is 11.8 Å². The first-order chi connectivity index (χ1) is 12.5. The molecule has 136 valence electrons. The highest BCUT2D eigenvalue weighted by Gasteiger charge is 2.21. The van der Waals surface area contributed by atoms with Crippen LogP contribution in [0.5, 0.6) is 0 Å². The van der Waals surface area contributed by atoms with Crippen LogP contribution in [0.2, 0.25) is 0 Å². The van der Waals surface area contributed by atoms with Gasteiger partial charge in [0.15, 0.2) is 5.13 Å². The Bertz CT molecular complexity index is 857. The molecule has 1 aliphatic heterocycles. The number of carbonyl (C=O) groups excluding carboxylic acids is 2. The Hall–Kier alpha value is -2.46. The quantitative estimate of drug-likeness (QED) is 0.471. The van der Waals surface area contributed by atoms with Crippen LogP contribution in [0, 0.1) is 10.1 Å². The molecule has 1 amide bonds. The zero-order valence-electron chi connectivity index (χ0n) is 13.8. The highest BCUT2D eigenvalue weighted by Crippen LogP contribution is 2.32. The largest absolute Gasteiger partial charge is 0.462 e. The summed E-state index contributed by atoms with van der Waals surface area (Å²) in [6.07, 6.45) is 0.857. The number of nitrogens with one attached hydrogen (secondary N) is 1. The number of ether oxygens (including phenoxy) is 1. The Morgan fingerprint density at radius 3 is 2.81 bits per heavy atom. The van der Waals surface area contributed by atoms with Gasteiger partial charge in [-0.1, -0.05) is 0 Å². The fraction of sp³-hybridized carbons (Fsp3) is 0.312. The minimum Gasteiger partial charge on any atom is -0.462 e. The zero-order valence-corrected chi connectivity index (χ0v) is 15.4. The van der Waals surface area contributed by atoms with Gasteiger partial charge in [-0.3, -0.25) is 20.2 Å². The first-order valence-electron chi connectivity index (χ1n) is 7.82. The zero-order chi connectivity index (χ0) is 18.7. The van der Waals surface area contributed by atoms with Crippen molar-refractivity contribution >= 4 is 45.8 Å². The number of thiazole rings is 1. The molecular formula is C16H15N3O5S2. The number of esters is 1. The molecule has 0 radical (unpaired) electrons. The van der Waals surface area contributed by atoms with Gasteiger partial charge in [0, 0.05) is 28.3 Å². The van der Waals surface area contributed by atoms with Gasteiger partial charge in [-0.25, -0.2) is 9.78 Å². The van der Waals surface area contributed by atoms with E-state index in [1.54, 1.807) is 6.92 Å². The lowest BCUT2D eigenvalue weighted by Crippen LogP contribution is -2.14. The minimum atomic E-state index is -0.716. The number of carbonyl (C=O) groups is 2. The molecule has 0 atom stereocenters. The third kappa shape index (κ3) is 4.02. The summed E-state index contributed by atoms with van der Waals surface area (Å²) in [5, 5.41) is 14.2. The lowest BCUT2D eigenvalue weighted by molar-refractivity contribution is -0.384. The lowest BCUT2D eigenvalue weighted by Gasteiger charge is -2.06. The predicted octanol–water partition coefficient (Wildman–Crippen LogP) is 3.27. The number of non-ortho nitro benzene ring substituents is 1. The number of aromatic nitrogens is 1. The van der Waals surface area contributed by atoms with Crippen molar-refractivity contribution in [1.82, 2.24) is 4.98 Å². The van der Waals surface area contributed by atoms with Gasteiger partial charge in [0.1, 0.15) is 0 Å². The third-order valence-electron chi connectivity index (χ3n) is 3.62. The normalized spacial score (nSPS) is 13.0. The molecule has 0 saturated heterocycles. The SMILES string of the molecule is CCOC(=O)c1cc(C(=O)Nc2nc3c(s2)CSCC3)cc([N+](=O)[O-])c1. The number of hydrogen-bond acceptors (Lipinski definition) is 8. The second-order valence-electron chi connectivity index (χ2n) is 5.39. The van der Waals surface area contributed by atoms with Crippen molar-refractivity contribution in [3.05, 3.63) is 50.0 Å². The summed E-state index contributed by atoms with van der Waals surface area (Å²) in [5.41, 5.74) is 0.594. The molecule has 0 bridgehead atoms. The van der Waals surface area contributed by atoms with Gasteiger partial charge < -0.3 is 4.74 Å². The van der Waals surface area contributed by atoms with Crippen LogP contribution in [-0.4, -0.2) is 34.1 Å². The van der Waals surface area contributed by atoms with Crippen molar-refractivity contribution in [3.63, 3.8) is 0 Å². The van der Waals surface area contributed by atoms with E-state index >= 15 is 0 Å². The summed E-state index contributed by atoms with van der Waals surface area (Å²) in [6.45, 7) is 1.76. The average Bonchev–Trinajstić information content (AvgIpc) is 3.03. The van der Waals surface area contributed by atoms with Crippen LogP contribution >= 0.6 is 23.1 Å². The summed E-state index contributed by atoms with van der Waals surface area (Å²) < 4.78 is 4.86. The van der Waals surface area contributed by atoms with Gasteiger partial charge in [0.25, 0.3) is 11.6 Å². The van der Waals surface area contributed by atoms with Crippen molar-refractivity contribution in [3.8, 4) is 0 Å². The van der Waals surface area contributed by atoms with Gasteiger partial charge in [-0.15, -0.1) is 11.3 Å². The van der Waals surface area contributed by atoms with Crippen LogP contribution < -0.4 is 5.32 Å². The number of rotatable bonds is 5. The summed E-state index contributed by atoms with van der Waals surface area (Å²) in [4.78, 5) is 40.4. The Morgan fingerprint density at radius 1 is 1.35 bits per heavy atom. The van der Waals surface area contributed by atoms with E-state index in [-0.39, 0.29) is 23.4 Å². The Labute approximate surface area is 157 Å². The molecule has 1 aliphatic rings. The first-order valence-corrected chi connectivity index (χ1v) is 9.79. The molecule has 0 saturated carbocycles. The molecule has 0 fully saturated rings. The highest BCUT2D eigenvalue weighted by molar-refractivity contribution is 7.98. The van der Waals surface area contributed by atoms with E-state index in [1.807, 2.05) is 11.8 Å². The van der Waals surface area contributed by atoms with Crippen molar-refractivity contribution in [1.29, 1.82) is 0 Å². The van der Waals surface area contributed by atoms with Gasteiger partial charge in [0.05, 0.1) is 22.8 Å². The van der Waals surface area contributed by atoms with Crippen LogP contribution in [0.25, 0.3) is 0 Å². The van der Waals surface area contributed by atoms with E-state index in [4.69, 9.17) is 4.74 Å². The van der Waals surface area contributed by atoms with E-state index in [1.165, 1.54) is 17.4 Å². The fourth-order valence-corrected chi connectivity index (χ4v) is 4.55. The van der Waals surface area contributed by atoms with Gasteiger partial charge in [-0.05, 0) is 25.2 Å². The Balaban J connectivity index is 1.86. The summed E-state index contributed by atoms with van der Waals surface area (Å²) >= 11 is 3.21. The molecule has 0 unspecified atom stereocenters. The number of thioether (sulfide) groups is 1. The standard InChI is InChI=1S/C16H15N3O5S2/c1-2-24-15(21)10-5-9(6-11(7-10)19(22)23)14(20)18-16-17-12-3-4-25-8-13(12)26-16/h5-7H,2-4,8H2,1H3,(H,17,18,20). The number of aryl methyl sites for hydroxylation is 1. The Morgan fingerprint density at radius 2 is 2.12 bits per heavy atom. The number of fused-ring (bicyclic) bond motifs is 1. The maximum atomic E-state index is 12.5. The summed E-state index contributed by atoms with van der Waals surface area (Å²) in [5.74, 6) is 0.592. The molecular weight excluding hydrogens is 378 g/mol. The smallest absolute Gasteiger partial charge is 0.338 e. The van der Waals surface area contributed by atoms with E-state index < -0.39 is 16.8 Å². The minimum absolute atomic E-state index is 0.00444. The van der Waals surface area contributed by atoms with Crippen molar-refractivity contribution in [2.75, 3.05) is 17.7 Å². The molecule has 1 N–H and O–H groups in total. The number of amides is 1. The monoisotopic (exact) mass is 393 g/mol. The second-order valence-corrected chi connectivity index (χ2v) is 7.58. The molecule has 0 aliphatic carbocycles. The van der Waals surface area contributed by atoms with E-state index in [2.05, 4.69) is 10.3 Å². The number of nitrogens with zero attached hydrogens (tertiary/aromatic N) is 2. The van der Waals surface area contributed by atoms with Crippen LogP contribution in [0.15, 0.2) is 18.2 Å². The fourth-order valence-electron chi connectivity index (χ4n) is 2.43. The Kier molecular flexibility index (Phi) is 5.52. The summed E-state index contributed by atoms with van der Waals surface area (Å²) in [6, 6.07) is 3.50. The topological polar surface area (TPSA) is 111 Å². The van der Waals surface area contributed by atoms with Gasteiger partial charge in [0.2, 0.25) is 0 Å². The molecule has 8 nitrogen and oxygen atoms in total. The maximum absolute atomic E-state index is 12.5. The highest BCUT2D eigenvalue weighted by atomic mass is 32.2. The molecule has 3 rings (SSSR count). The molecule has 2 heterocycles. The van der Waals surface area contributed by atoms with Crippen LogP contribution in [0.1, 0.15) is 38.2 Å². The van der Waals surface area contributed by atoms with E-state index in [0.29, 0.717) is 5.13 Å². The van der Waals surface area contributed by atoms with Crippen LogP contribution in [0.3, 0.4) is 0 Å². The van der Waals surface area contributed by atoms with E-state index in [0.717, 1.165) is 40.6 Å². The summed E-state index contributed by atoms with van der Waals surface area (Å²) in [7, 11) is 0. The first kappa shape index (κ1) is 18.3. The predicted molar refractivity (Wildman–Crippen MR) is 99.0 cm³/mol. The van der Waals surface area contributed by atoms with Crippen molar-refractivity contribution in [2.45, 2.75) is 19.1 Å². The van der Waals surface area contributed by atoms with E-state index in [9.17, 15) is 19.7 Å². The maximum Gasteiger partial charge on any atom is 0.338 e. The molecule has 1 aromatic heterocycles. The number of nitro groups is 1. The number of nitro benzene ring substituents is 1. The van der Waals surface area contributed by atoms with Crippen LogP contribution in [-0.2, 0) is 16.9 Å². The van der Waals surface area contributed by atoms with Crippen molar-refractivity contribution < 1.29 is 19.2 Å². The lowest BCUT2D eigenvalue weighted by atomic mass is 10.1. The van der Waals surface area contributed by atoms with Crippen molar-refractivity contribution in [2.24, 2.45) is 0 Å². The second kappa shape index (κ2) is 7.83. The molecule has 26 heavy (non-hydrogen) atoms. The molecule has 1 aromatic carbocycles. The van der Waals surface area contributed by atoms with Gasteiger partial charge >= 0.3 is 5.97 Å². The van der Waals surface area contributed by atoms with Crippen LogP contribution in [0.4, 0.5) is 10.8 Å². The number of anilines is 1. The molecule has 0 spiro atoms. The molecule has 2 aromatic rings. The molecule has 10 heteroatoms. The number of benzene rings is 1. The third-order valence-corrected chi connectivity index (χ3v) is 5.80.